The van der Waals surface area contributed by atoms with E-state index in [9.17, 15) is 9.59 Å². The van der Waals surface area contributed by atoms with Crippen molar-refractivity contribution in [3.05, 3.63) is 30.3 Å². The molecule has 0 aliphatic heterocycles. The van der Waals surface area contributed by atoms with Crippen molar-refractivity contribution in [1.82, 2.24) is 10.6 Å². The molecule has 0 aromatic heterocycles. The van der Waals surface area contributed by atoms with E-state index in [1.54, 1.807) is 24.3 Å². The fraction of sp³-hybridized carbons (Fsp3) is 0.556. The molecule has 1 aliphatic rings. The second-order valence-corrected chi connectivity index (χ2v) is 6.02. The van der Waals surface area contributed by atoms with Gasteiger partial charge in [0.2, 0.25) is 5.91 Å². The largest absolute Gasteiger partial charge is 0.412 e. The highest BCUT2D eigenvalue weighted by Gasteiger charge is 2.14. The molecule has 0 atom stereocenters. The lowest BCUT2D eigenvalue weighted by molar-refractivity contribution is -0.121. The van der Waals surface area contributed by atoms with E-state index < -0.39 is 6.09 Å². The van der Waals surface area contributed by atoms with Crippen molar-refractivity contribution < 1.29 is 14.3 Å². The van der Waals surface area contributed by atoms with Crippen LogP contribution in [0.3, 0.4) is 0 Å². The Morgan fingerprint density at radius 2 is 1.70 bits per heavy atom. The van der Waals surface area contributed by atoms with Crippen molar-refractivity contribution in [3.63, 3.8) is 0 Å². The van der Waals surface area contributed by atoms with Crippen LogP contribution in [0.4, 0.5) is 4.79 Å². The lowest BCUT2D eigenvalue weighted by Crippen LogP contribution is -2.36. The molecule has 0 radical (unpaired) electrons. The molecule has 0 heterocycles. The number of nitrogens with one attached hydrogen (secondary N) is 2. The second kappa shape index (κ2) is 9.87. The average molecular weight is 318 g/mol. The molecule has 2 amide bonds. The summed E-state index contributed by atoms with van der Waals surface area (Å²) in [5, 5.41) is 5.45. The first-order chi connectivity index (χ1) is 11.2. The standard InChI is InChI=1S/C18H26N2O3/c21-17(12-11-15-7-3-1-4-8-15)19-13-14-20-18(22)23-16-9-5-2-6-10-16/h2,5-6,9-10,15H,1,3-4,7-8,11-14H2,(H,19,21)(H,20,22). The number of ether oxygens (including phenoxy) is 1. The van der Waals surface area contributed by atoms with Crippen LogP contribution in [0.2, 0.25) is 0 Å². The van der Waals surface area contributed by atoms with Gasteiger partial charge >= 0.3 is 6.09 Å². The van der Waals surface area contributed by atoms with Gasteiger partial charge in [0.15, 0.2) is 0 Å². The van der Waals surface area contributed by atoms with Gasteiger partial charge in [0.1, 0.15) is 5.75 Å². The van der Waals surface area contributed by atoms with Crippen LogP contribution in [-0.2, 0) is 4.79 Å². The molecule has 0 bridgehead atoms. The first-order valence-corrected chi connectivity index (χ1v) is 8.51. The van der Waals surface area contributed by atoms with Crippen LogP contribution in [0.1, 0.15) is 44.9 Å². The summed E-state index contributed by atoms with van der Waals surface area (Å²) in [7, 11) is 0. The van der Waals surface area contributed by atoms with Gasteiger partial charge < -0.3 is 15.4 Å². The maximum absolute atomic E-state index is 11.8. The van der Waals surface area contributed by atoms with Crippen molar-refractivity contribution in [2.24, 2.45) is 5.92 Å². The topological polar surface area (TPSA) is 67.4 Å². The molecule has 0 unspecified atom stereocenters. The Kier molecular flexibility index (Phi) is 7.43. The number of carbonyl (C=O) groups is 2. The normalized spacial score (nSPS) is 15.0. The fourth-order valence-corrected chi connectivity index (χ4v) is 2.90. The number of rotatable bonds is 7. The van der Waals surface area contributed by atoms with E-state index in [2.05, 4.69) is 10.6 Å². The van der Waals surface area contributed by atoms with E-state index in [0.29, 0.717) is 31.2 Å². The summed E-state index contributed by atoms with van der Waals surface area (Å²) in [6.07, 6.45) is 7.54. The number of amides is 2. The lowest BCUT2D eigenvalue weighted by Gasteiger charge is -2.20. The van der Waals surface area contributed by atoms with Crippen LogP contribution in [0.5, 0.6) is 5.75 Å². The van der Waals surface area contributed by atoms with Crippen molar-refractivity contribution >= 4 is 12.0 Å². The number of hydrogen-bond acceptors (Lipinski definition) is 3. The molecule has 1 aromatic rings. The summed E-state index contributed by atoms with van der Waals surface area (Å²) < 4.78 is 5.09. The molecule has 0 saturated heterocycles. The molecule has 126 valence electrons. The van der Waals surface area contributed by atoms with Crippen molar-refractivity contribution in [3.8, 4) is 5.75 Å². The first-order valence-electron chi connectivity index (χ1n) is 8.51. The Balaban J connectivity index is 1.50. The van der Waals surface area contributed by atoms with Crippen LogP contribution < -0.4 is 15.4 Å². The Labute approximate surface area is 137 Å². The third-order valence-electron chi connectivity index (χ3n) is 4.17. The summed E-state index contributed by atoms with van der Waals surface area (Å²) in [4.78, 5) is 23.3. The van der Waals surface area contributed by atoms with Crippen molar-refractivity contribution in [1.29, 1.82) is 0 Å². The molecule has 0 spiro atoms. The fourth-order valence-electron chi connectivity index (χ4n) is 2.90. The molecule has 5 nitrogen and oxygen atoms in total. The van der Waals surface area contributed by atoms with Gasteiger partial charge in [0.25, 0.3) is 0 Å². The molecule has 1 saturated carbocycles. The Hall–Kier alpha value is -2.04. The van der Waals surface area contributed by atoms with E-state index in [1.165, 1.54) is 32.1 Å². The summed E-state index contributed by atoms with van der Waals surface area (Å²) >= 11 is 0. The third kappa shape index (κ3) is 7.17. The highest BCUT2D eigenvalue weighted by atomic mass is 16.6. The zero-order chi connectivity index (χ0) is 16.3. The van der Waals surface area contributed by atoms with Gasteiger partial charge in [-0.3, -0.25) is 4.79 Å². The van der Waals surface area contributed by atoms with Crippen LogP contribution >= 0.6 is 0 Å². The quantitative estimate of drug-likeness (QED) is 0.758. The summed E-state index contributed by atoms with van der Waals surface area (Å²) in [5.41, 5.74) is 0. The third-order valence-corrected chi connectivity index (χ3v) is 4.17. The first kappa shape index (κ1) is 17.3. The van der Waals surface area contributed by atoms with Gasteiger partial charge in [-0.2, -0.15) is 0 Å². The van der Waals surface area contributed by atoms with Crippen molar-refractivity contribution in [2.45, 2.75) is 44.9 Å². The van der Waals surface area contributed by atoms with Gasteiger partial charge in [-0.15, -0.1) is 0 Å². The average Bonchev–Trinajstić information content (AvgIpc) is 2.59. The second-order valence-electron chi connectivity index (χ2n) is 6.02. The molecule has 1 fully saturated rings. The number of benzene rings is 1. The summed E-state index contributed by atoms with van der Waals surface area (Å²) in [5.74, 6) is 1.28. The minimum absolute atomic E-state index is 0.0637. The SMILES string of the molecule is O=C(CCC1CCCCC1)NCCNC(=O)Oc1ccccc1. The van der Waals surface area contributed by atoms with Gasteiger partial charge in [0.05, 0.1) is 0 Å². The lowest BCUT2D eigenvalue weighted by atomic mass is 9.86. The maximum atomic E-state index is 11.8. The predicted molar refractivity (Wildman–Crippen MR) is 89.3 cm³/mol. The molecule has 23 heavy (non-hydrogen) atoms. The van der Waals surface area contributed by atoms with Crippen LogP contribution in [-0.4, -0.2) is 25.1 Å². The van der Waals surface area contributed by atoms with Gasteiger partial charge in [-0.1, -0.05) is 50.3 Å². The maximum Gasteiger partial charge on any atom is 0.412 e. The van der Waals surface area contributed by atoms with Crippen LogP contribution in [0.15, 0.2) is 30.3 Å². The van der Waals surface area contributed by atoms with E-state index in [-0.39, 0.29) is 5.91 Å². The van der Waals surface area contributed by atoms with E-state index >= 15 is 0 Å². The minimum Gasteiger partial charge on any atom is -0.410 e. The van der Waals surface area contributed by atoms with Gasteiger partial charge in [0, 0.05) is 19.5 Å². The molecular weight excluding hydrogens is 292 g/mol. The molecule has 1 aromatic carbocycles. The van der Waals surface area contributed by atoms with Gasteiger partial charge in [-0.05, 0) is 24.5 Å². The van der Waals surface area contributed by atoms with E-state index in [0.717, 1.165) is 6.42 Å². The number of hydrogen-bond donors (Lipinski definition) is 2. The van der Waals surface area contributed by atoms with Crippen LogP contribution in [0, 0.1) is 5.92 Å². The molecular formula is C18H26N2O3. The number of para-hydroxylation sites is 1. The Morgan fingerprint density at radius 3 is 2.43 bits per heavy atom. The Bertz CT molecular complexity index is 484. The van der Waals surface area contributed by atoms with Crippen LogP contribution in [0.25, 0.3) is 0 Å². The zero-order valence-electron chi connectivity index (χ0n) is 13.6. The molecule has 2 rings (SSSR count). The van der Waals surface area contributed by atoms with Crippen molar-refractivity contribution in [2.75, 3.05) is 13.1 Å². The summed E-state index contributed by atoms with van der Waals surface area (Å²) in [6.45, 7) is 0.786. The Morgan fingerprint density at radius 1 is 1.00 bits per heavy atom. The molecule has 2 N–H and O–H groups in total. The molecule has 1 aliphatic carbocycles. The van der Waals surface area contributed by atoms with Gasteiger partial charge in [-0.25, -0.2) is 4.79 Å². The zero-order valence-corrected chi connectivity index (χ0v) is 13.6. The number of carbonyl (C=O) groups excluding carboxylic acids is 2. The highest BCUT2D eigenvalue weighted by molar-refractivity contribution is 5.76. The smallest absolute Gasteiger partial charge is 0.410 e. The summed E-state index contributed by atoms with van der Waals surface area (Å²) in [6, 6.07) is 8.89. The molecule has 5 heteroatoms. The minimum atomic E-state index is -0.507. The highest BCUT2D eigenvalue weighted by Crippen LogP contribution is 2.27. The van der Waals surface area contributed by atoms with E-state index in [4.69, 9.17) is 4.74 Å². The monoisotopic (exact) mass is 318 g/mol. The predicted octanol–water partition coefficient (Wildman–Crippen LogP) is 3.25. The van der Waals surface area contributed by atoms with E-state index in [1.807, 2.05) is 6.07 Å².